The molecule has 0 radical (unpaired) electrons. The van der Waals surface area contributed by atoms with Gasteiger partial charge in [-0.05, 0) is 47.5 Å². The van der Waals surface area contributed by atoms with Gasteiger partial charge in [0.1, 0.15) is 12.4 Å². The van der Waals surface area contributed by atoms with E-state index in [-0.39, 0.29) is 5.91 Å². The molecule has 0 saturated heterocycles. The minimum atomic E-state index is -0.314. The van der Waals surface area contributed by atoms with Crippen LogP contribution in [-0.4, -0.2) is 39.2 Å². The highest BCUT2D eigenvalue weighted by Crippen LogP contribution is 2.28. The quantitative estimate of drug-likeness (QED) is 0.316. The van der Waals surface area contributed by atoms with Gasteiger partial charge in [-0.25, -0.2) is 0 Å². The summed E-state index contributed by atoms with van der Waals surface area (Å²) in [6.45, 7) is 1.11. The topological polar surface area (TPSA) is 105 Å². The molecule has 34 heavy (non-hydrogen) atoms. The molecule has 6 rings (SSSR count). The molecule has 8 bridgehead atoms. The lowest BCUT2D eigenvalue weighted by Gasteiger charge is -2.11. The standard InChI is InChI=1S/C26H20N6O2/c33-26-25-23-11-17(4-5-24(23)31-32-25)18-8-20(14-27-12-18)29-6-7-34-22-3-1-2-16(10-22)19-9-21(30-26)15-28-13-19/h1-5,8-15,29H,6-7H2,(H,30,33)(H,31,32). The van der Waals surface area contributed by atoms with E-state index in [1.165, 1.54) is 0 Å². The Bertz CT molecular complexity index is 1530. The summed E-state index contributed by atoms with van der Waals surface area (Å²) in [5.74, 6) is 0.444. The van der Waals surface area contributed by atoms with Crippen molar-refractivity contribution in [3.8, 4) is 28.0 Å². The molecule has 2 aromatic carbocycles. The second-order valence-corrected chi connectivity index (χ2v) is 8.01. The van der Waals surface area contributed by atoms with Crippen LogP contribution in [0.5, 0.6) is 5.75 Å². The number of ether oxygens (including phenoxy) is 1. The van der Waals surface area contributed by atoms with Crippen molar-refractivity contribution in [3.63, 3.8) is 0 Å². The molecule has 5 aromatic rings. The lowest BCUT2D eigenvalue weighted by Crippen LogP contribution is -2.13. The first-order valence-electron chi connectivity index (χ1n) is 10.9. The Morgan fingerprint density at radius 1 is 0.794 bits per heavy atom. The van der Waals surface area contributed by atoms with Crippen LogP contribution < -0.4 is 15.4 Å². The van der Waals surface area contributed by atoms with Crippen LogP contribution in [0.15, 0.2) is 79.4 Å². The summed E-state index contributed by atoms with van der Waals surface area (Å²) >= 11 is 0. The smallest absolute Gasteiger partial charge is 0.276 e. The Labute approximate surface area is 195 Å². The fourth-order valence-corrected chi connectivity index (χ4v) is 4.05. The number of carbonyl (C=O) groups is 1. The van der Waals surface area contributed by atoms with Crippen molar-refractivity contribution < 1.29 is 9.53 Å². The predicted octanol–water partition coefficient (Wildman–Crippen LogP) is 4.74. The van der Waals surface area contributed by atoms with Crippen molar-refractivity contribution in [2.24, 2.45) is 0 Å². The van der Waals surface area contributed by atoms with Gasteiger partial charge in [0.05, 0.1) is 23.1 Å². The molecule has 1 aliphatic heterocycles. The van der Waals surface area contributed by atoms with Gasteiger partial charge in [-0.15, -0.1) is 0 Å². The first-order chi connectivity index (χ1) is 16.7. The van der Waals surface area contributed by atoms with Crippen LogP contribution in [0.25, 0.3) is 33.2 Å². The van der Waals surface area contributed by atoms with E-state index < -0.39 is 0 Å². The molecule has 166 valence electrons. The minimum absolute atomic E-state index is 0.314. The maximum atomic E-state index is 13.1. The average molecular weight is 448 g/mol. The number of rotatable bonds is 0. The largest absolute Gasteiger partial charge is 0.492 e. The molecule has 1 amide bonds. The van der Waals surface area contributed by atoms with Gasteiger partial charge in [-0.3, -0.25) is 19.9 Å². The van der Waals surface area contributed by atoms with Gasteiger partial charge in [0, 0.05) is 41.6 Å². The molecule has 8 heteroatoms. The third kappa shape index (κ3) is 3.81. The Morgan fingerprint density at radius 2 is 1.59 bits per heavy atom. The number of aromatic amines is 1. The maximum absolute atomic E-state index is 13.1. The highest BCUT2D eigenvalue weighted by molar-refractivity contribution is 6.11. The van der Waals surface area contributed by atoms with Gasteiger partial charge in [0.25, 0.3) is 5.91 Å². The Hall–Kier alpha value is -4.72. The van der Waals surface area contributed by atoms with Crippen molar-refractivity contribution in [3.05, 3.63) is 85.1 Å². The van der Waals surface area contributed by atoms with E-state index in [2.05, 4.69) is 30.8 Å². The Kier molecular flexibility index (Phi) is 4.88. The lowest BCUT2D eigenvalue weighted by molar-refractivity contribution is 0.102. The van der Waals surface area contributed by atoms with Crippen molar-refractivity contribution in [1.29, 1.82) is 0 Å². The number of pyridine rings is 2. The van der Waals surface area contributed by atoms with Gasteiger partial charge in [-0.2, -0.15) is 5.10 Å². The highest BCUT2D eigenvalue weighted by atomic mass is 16.5. The number of nitrogens with one attached hydrogen (secondary N) is 3. The van der Waals surface area contributed by atoms with Gasteiger partial charge < -0.3 is 15.4 Å². The van der Waals surface area contributed by atoms with Gasteiger partial charge in [-0.1, -0.05) is 18.2 Å². The van der Waals surface area contributed by atoms with Crippen molar-refractivity contribution in [2.75, 3.05) is 23.8 Å². The fourth-order valence-electron chi connectivity index (χ4n) is 4.05. The predicted molar refractivity (Wildman–Crippen MR) is 131 cm³/mol. The van der Waals surface area contributed by atoms with E-state index in [0.717, 1.165) is 44.6 Å². The zero-order chi connectivity index (χ0) is 22.9. The molecule has 0 spiro atoms. The van der Waals surface area contributed by atoms with Crippen LogP contribution in [0.4, 0.5) is 11.4 Å². The first-order valence-corrected chi connectivity index (χ1v) is 10.9. The second-order valence-electron chi connectivity index (χ2n) is 8.01. The van der Waals surface area contributed by atoms with Crippen LogP contribution in [0.1, 0.15) is 10.5 Å². The summed E-state index contributed by atoms with van der Waals surface area (Å²) in [4.78, 5) is 21.8. The van der Waals surface area contributed by atoms with Crippen LogP contribution in [0.3, 0.4) is 0 Å². The molecule has 0 fully saturated rings. The zero-order valence-electron chi connectivity index (χ0n) is 18.1. The Morgan fingerprint density at radius 3 is 2.47 bits per heavy atom. The molecule has 1 aliphatic rings. The summed E-state index contributed by atoms with van der Waals surface area (Å²) in [5.41, 5.74) is 6.26. The number of nitrogens with zero attached hydrogens (tertiary/aromatic N) is 3. The van der Waals surface area contributed by atoms with E-state index in [9.17, 15) is 4.79 Å². The van der Waals surface area contributed by atoms with E-state index in [0.29, 0.717) is 24.5 Å². The van der Waals surface area contributed by atoms with Gasteiger partial charge >= 0.3 is 0 Å². The molecule has 3 N–H and O–H groups in total. The molecule has 0 unspecified atom stereocenters. The number of anilines is 2. The van der Waals surface area contributed by atoms with Crippen LogP contribution in [0.2, 0.25) is 0 Å². The zero-order valence-corrected chi connectivity index (χ0v) is 18.1. The molecule has 0 aliphatic carbocycles. The Balaban J connectivity index is 1.45. The van der Waals surface area contributed by atoms with E-state index >= 15 is 0 Å². The molecule has 8 nitrogen and oxygen atoms in total. The average Bonchev–Trinajstić information content (AvgIpc) is 3.30. The SMILES string of the molecule is O=C1Nc2cncc(c2)-c2cccc(c2)OCCNc2cncc(c2)-c2ccc3[nH]nc1c3c2. The normalized spacial score (nSPS) is 13.2. The third-order valence-electron chi connectivity index (χ3n) is 5.71. The molecule has 0 saturated carbocycles. The van der Waals surface area contributed by atoms with E-state index in [1.54, 1.807) is 24.8 Å². The maximum Gasteiger partial charge on any atom is 0.276 e. The molecule has 0 atom stereocenters. The summed E-state index contributed by atoms with van der Waals surface area (Å²) < 4.78 is 5.95. The monoisotopic (exact) mass is 448 g/mol. The third-order valence-corrected chi connectivity index (χ3v) is 5.71. The summed E-state index contributed by atoms with van der Waals surface area (Å²) in [7, 11) is 0. The summed E-state index contributed by atoms with van der Waals surface area (Å²) in [6.07, 6.45) is 6.96. The first kappa shape index (κ1) is 19.9. The van der Waals surface area contributed by atoms with Crippen LogP contribution in [-0.2, 0) is 0 Å². The number of H-pyrrole nitrogens is 1. The number of fused-ring (bicyclic) bond motifs is 9. The second kappa shape index (κ2) is 8.32. The van der Waals surface area contributed by atoms with E-state index in [1.807, 2.05) is 54.6 Å². The summed E-state index contributed by atoms with van der Waals surface area (Å²) in [6, 6.07) is 17.6. The number of benzene rings is 2. The lowest BCUT2D eigenvalue weighted by atomic mass is 10.0. The van der Waals surface area contributed by atoms with E-state index in [4.69, 9.17) is 4.74 Å². The number of carbonyl (C=O) groups excluding carboxylic acids is 1. The van der Waals surface area contributed by atoms with Crippen molar-refractivity contribution in [1.82, 2.24) is 20.2 Å². The van der Waals surface area contributed by atoms with Crippen molar-refractivity contribution >= 4 is 28.2 Å². The summed E-state index contributed by atoms with van der Waals surface area (Å²) in [5, 5.41) is 14.2. The number of aromatic nitrogens is 4. The number of amides is 1. The molecule has 3 aromatic heterocycles. The highest BCUT2D eigenvalue weighted by Gasteiger charge is 2.16. The van der Waals surface area contributed by atoms with Gasteiger partial charge in [0.15, 0.2) is 5.69 Å². The van der Waals surface area contributed by atoms with Crippen LogP contribution in [0, 0.1) is 0 Å². The molecular formula is C26H20N6O2. The fraction of sp³-hybridized carbons (Fsp3) is 0.0769. The molecular weight excluding hydrogens is 428 g/mol. The number of hydrogen-bond donors (Lipinski definition) is 3. The minimum Gasteiger partial charge on any atom is -0.492 e. The molecule has 4 heterocycles. The van der Waals surface area contributed by atoms with Crippen LogP contribution >= 0.6 is 0 Å². The van der Waals surface area contributed by atoms with Gasteiger partial charge in [0.2, 0.25) is 0 Å². The number of hydrogen-bond acceptors (Lipinski definition) is 6. The van der Waals surface area contributed by atoms with Crippen molar-refractivity contribution in [2.45, 2.75) is 0 Å².